The minimum atomic E-state index is 1.11. The molecule has 0 unspecified atom stereocenters. The number of hydrogen-bond acceptors (Lipinski definition) is 0. The zero-order chi connectivity index (χ0) is 13.3. The first-order valence-corrected chi connectivity index (χ1v) is 7.88. The first kappa shape index (κ1) is 17.7. The van der Waals surface area contributed by atoms with Crippen LogP contribution in [0.4, 0.5) is 0 Å². The second-order valence-electron chi connectivity index (χ2n) is 3.99. The van der Waals surface area contributed by atoms with E-state index in [2.05, 4.69) is 73.4 Å². The third-order valence-corrected chi connectivity index (χ3v) is 2.49. The first-order valence-electron chi connectivity index (χ1n) is 6.52. The maximum absolute atomic E-state index is 4.26. The van der Waals surface area contributed by atoms with Crippen LogP contribution in [0.5, 0.6) is 0 Å². The molecule has 0 N–H and O–H groups in total. The molecule has 0 fully saturated rings. The number of allylic oxidation sites excluding steroid dienone is 8. The van der Waals surface area contributed by atoms with Crippen LogP contribution in [-0.2, 0) is 14.6 Å². The Morgan fingerprint density at radius 1 is 0.611 bits per heavy atom. The molecule has 2 rings (SSSR count). The van der Waals surface area contributed by atoms with Gasteiger partial charge in [0.25, 0.3) is 0 Å². The third-order valence-electron chi connectivity index (χ3n) is 2.49. The molecule has 18 heavy (non-hydrogen) atoms. The van der Waals surface area contributed by atoms with E-state index in [-0.39, 0.29) is 0 Å². The molecule has 0 aromatic heterocycles. The molecule has 0 bridgehead atoms. The van der Waals surface area contributed by atoms with Crippen LogP contribution in [0.1, 0.15) is 51.4 Å². The van der Waals surface area contributed by atoms with Gasteiger partial charge in [0, 0.05) is 0 Å². The fraction of sp³-hybridized carbons (Fsp3) is 0.500. The molecule has 0 spiro atoms. The first-order chi connectivity index (χ1) is 9.00. The van der Waals surface area contributed by atoms with E-state index in [1.165, 1.54) is 38.5 Å². The summed E-state index contributed by atoms with van der Waals surface area (Å²) in [6, 6.07) is 0. The van der Waals surface area contributed by atoms with Crippen LogP contribution < -0.4 is 0 Å². The van der Waals surface area contributed by atoms with Gasteiger partial charge in [-0.1, -0.05) is 50.0 Å². The van der Waals surface area contributed by atoms with Crippen molar-refractivity contribution in [1.82, 2.24) is 0 Å². The summed E-state index contributed by atoms with van der Waals surface area (Å²) in [7, 11) is 4.26. The van der Waals surface area contributed by atoms with Crippen molar-refractivity contribution in [3.05, 3.63) is 48.6 Å². The Hall–Kier alpha value is -0.256. The molecule has 0 nitrogen and oxygen atoms in total. The molecule has 0 saturated carbocycles. The topological polar surface area (TPSA) is 0 Å². The number of rotatable bonds is 0. The van der Waals surface area contributed by atoms with Crippen molar-refractivity contribution in [3.63, 3.8) is 0 Å². The van der Waals surface area contributed by atoms with Crippen LogP contribution in [0.2, 0.25) is 0 Å². The third kappa shape index (κ3) is 13.8. The summed E-state index contributed by atoms with van der Waals surface area (Å²) in [6.07, 6.45) is 29.0. The van der Waals surface area contributed by atoms with Crippen molar-refractivity contribution in [2.24, 2.45) is 0 Å². The van der Waals surface area contributed by atoms with Gasteiger partial charge in [-0.2, -0.15) is 12.8 Å². The molecule has 2 heteroatoms. The van der Waals surface area contributed by atoms with Crippen LogP contribution in [0.3, 0.4) is 0 Å². The normalized spacial score (nSPS) is 18.2. The molecular weight excluding hydrogens is 286 g/mol. The zero-order valence-corrected chi connectivity index (χ0v) is 12.6. The molecule has 2 aliphatic carbocycles. The predicted octanol–water partition coefficient (Wildman–Crippen LogP) is 5.64. The number of hydrogen-bond donors (Lipinski definition) is 0. The molecule has 0 amide bonds. The van der Waals surface area contributed by atoms with Crippen LogP contribution in [0, 0.1) is 12.2 Å². The molecule has 2 aliphatic rings. The molecular formula is C16H22ClNi-2. The molecule has 0 radical (unpaired) electrons. The van der Waals surface area contributed by atoms with Crippen LogP contribution in [0.15, 0.2) is 36.5 Å². The van der Waals surface area contributed by atoms with E-state index < -0.39 is 0 Å². The molecule has 0 saturated heterocycles. The van der Waals surface area contributed by atoms with Crippen molar-refractivity contribution in [2.45, 2.75) is 51.4 Å². The molecule has 0 aromatic rings. The van der Waals surface area contributed by atoms with E-state index in [1.54, 1.807) is 0 Å². The average molecular weight is 308 g/mol. The Labute approximate surface area is 125 Å². The fourth-order valence-corrected chi connectivity index (χ4v) is 1.57. The molecule has 0 aromatic carbocycles. The van der Waals surface area contributed by atoms with E-state index in [4.69, 9.17) is 0 Å². The van der Waals surface area contributed by atoms with E-state index in [9.17, 15) is 0 Å². The molecule has 0 aliphatic heterocycles. The van der Waals surface area contributed by atoms with Gasteiger partial charge in [-0.3, -0.25) is 12.2 Å². The summed E-state index contributed by atoms with van der Waals surface area (Å²) in [6.45, 7) is 0. The summed E-state index contributed by atoms with van der Waals surface area (Å²) < 4.78 is 0. The van der Waals surface area contributed by atoms with Gasteiger partial charge < -0.3 is 12.2 Å². The van der Waals surface area contributed by atoms with Gasteiger partial charge in [-0.05, 0) is 12.8 Å². The Kier molecular flexibility index (Phi) is 16.5. The van der Waals surface area contributed by atoms with Gasteiger partial charge in [0.15, 0.2) is 0 Å². The number of halogens is 1. The van der Waals surface area contributed by atoms with E-state index in [0.29, 0.717) is 0 Å². The molecule has 105 valence electrons. The predicted molar refractivity (Wildman–Crippen MR) is 76.7 cm³/mol. The van der Waals surface area contributed by atoms with Gasteiger partial charge in [0.1, 0.15) is 0 Å². The summed E-state index contributed by atoms with van der Waals surface area (Å²) >= 11 is 3.35. The average Bonchev–Trinajstić information content (AvgIpc) is 2.30. The monoisotopic (exact) mass is 307 g/mol. The zero-order valence-electron chi connectivity index (χ0n) is 10.8. The van der Waals surface area contributed by atoms with Crippen LogP contribution >= 0.6 is 10.2 Å². The van der Waals surface area contributed by atoms with Gasteiger partial charge >= 0.3 is 24.8 Å². The van der Waals surface area contributed by atoms with Crippen LogP contribution in [-0.4, -0.2) is 0 Å². The summed E-state index contributed by atoms with van der Waals surface area (Å²) in [5.74, 6) is 0. The van der Waals surface area contributed by atoms with Crippen LogP contribution in [0.25, 0.3) is 0 Å². The molecule has 0 heterocycles. The summed E-state index contributed by atoms with van der Waals surface area (Å²) in [5.41, 5.74) is 0. The van der Waals surface area contributed by atoms with Crippen molar-refractivity contribution in [2.75, 3.05) is 0 Å². The van der Waals surface area contributed by atoms with Crippen molar-refractivity contribution in [1.29, 1.82) is 0 Å². The molecule has 0 atom stereocenters. The van der Waals surface area contributed by atoms with E-state index in [1.807, 2.05) is 0 Å². The second-order valence-corrected chi connectivity index (χ2v) is 3.99. The Morgan fingerprint density at radius 3 is 1.44 bits per heavy atom. The summed E-state index contributed by atoms with van der Waals surface area (Å²) in [4.78, 5) is 0. The van der Waals surface area contributed by atoms with Crippen molar-refractivity contribution in [3.8, 4) is 0 Å². The van der Waals surface area contributed by atoms with Gasteiger partial charge in [0.05, 0.1) is 0 Å². The van der Waals surface area contributed by atoms with Gasteiger partial charge in [-0.25, -0.2) is 0 Å². The summed E-state index contributed by atoms with van der Waals surface area (Å²) in [5, 5.41) is 0. The van der Waals surface area contributed by atoms with Gasteiger partial charge in [-0.15, -0.1) is 0 Å². The minimum absolute atomic E-state index is 1.11. The van der Waals surface area contributed by atoms with Crippen molar-refractivity contribution >= 4 is 10.2 Å². The second kappa shape index (κ2) is 16.7. The fourth-order valence-electron chi connectivity index (χ4n) is 1.57. The maximum atomic E-state index is 4.26. The Morgan fingerprint density at radius 2 is 1.00 bits per heavy atom. The Balaban J connectivity index is 0.000000283. The Bertz CT molecular complexity index is 184. The standard InChI is InChI=1S/2C8H11.ClH.Ni/c2*1-2-4-6-8-7-5-3-1;;/h2*1-2,7H,3-6H2;1H;/q2*-1;;+1/p-1. The van der Waals surface area contributed by atoms with Crippen molar-refractivity contribution < 1.29 is 14.6 Å². The van der Waals surface area contributed by atoms with E-state index in [0.717, 1.165) is 12.8 Å². The van der Waals surface area contributed by atoms with E-state index >= 15 is 0 Å². The quantitative estimate of drug-likeness (QED) is 0.309. The van der Waals surface area contributed by atoms with Gasteiger partial charge in [0.2, 0.25) is 0 Å². The SMILES string of the molecule is [C-]1=CCCC=CCC1.[C-]1=CCCC=CCC1.[Cl][Ni].